The Morgan fingerprint density at radius 1 is 1.23 bits per heavy atom. The number of hydrogen-bond acceptors (Lipinski definition) is 4. The minimum atomic E-state index is -3.40. The Morgan fingerprint density at radius 3 is 2.77 bits per heavy atom. The fourth-order valence-corrected chi connectivity index (χ4v) is 5.79. The minimum Gasteiger partial charge on any atom is -0.319 e. The highest BCUT2D eigenvalue weighted by molar-refractivity contribution is 7.88. The maximum Gasteiger partial charge on any atom is 0.266 e. The van der Waals surface area contributed by atoms with Gasteiger partial charge in [0.15, 0.2) is 4.80 Å². The van der Waals surface area contributed by atoms with Gasteiger partial charge < -0.3 is 4.57 Å². The van der Waals surface area contributed by atoms with Crippen LogP contribution in [-0.4, -0.2) is 42.0 Å². The first-order valence-corrected chi connectivity index (χ1v) is 11.1. The summed E-state index contributed by atoms with van der Waals surface area (Å²) < 4.78 is 28.0. The molecule has 3 aromatic rings. The van der Waals surface area contributed by atoms with Crippen molar-refractivity contribution in [3.8, 4) is 0 Å². The van der Waals surface area contributed by atoms with Crippen LogP contribution in [0.15, 0.2) is 41.4 Å². The number of aryl methyl sites for hydroxylation is 1. The Hall–Kier alpha value is -2.03. The summed E-state index contributed by atoms with van der Waals surface area (Å²) in [6, 6.07) is 11.5. The van der Waals surface area contributed by atoms with Gasteiger partial charge in [0.25, 0.3) is 5.91 Å². The van der Waals surface area contributed by atoms with Crippen molar-refractivity contribution in [3.63, 3.8) is 0 Å². The smallest absolute Gasteiger partial charge is 0.266 e. The largest absolute Gasteiger partial charge is 0.319 e. The molecule has 1 aliphatic heterocycles. The van der Waals surface area contributed by atoms with E-state index >= 15 is 0 Å². The molecule has 8 heteroatoms. The second-order valence-corrected chi connectivity index (χ2v) is 9.47. The topological polar surface area (TPSA) is 71.7 Å². The van der Waals surface area contributed by atoms with Gasteiger partial charge in [-0.05, 0) is 24.3 Å². The maximum absolute atomic E-state index is 12.7. The number of carbonyl (C=O) groups excluding carboxylic acids is 1. The quantitative estimate of drug-likeness (QED) is 0.675. The van der Waals surface area contributed by atoms with E-state index in [0.717, 1.165) is 27.2 Å². The Morgan fingerprint density at radius 2 is 2.00 bits per heavy atom. The zero-order valence-corrected chi connectivity index (χ0v) is 16.2. The summed E-state index contributed by atoms with van der Waals surface area (Å²) in [6.45, 7) is 0.383. The lowest BCUT2D eigenvalue weighted by atomic mass is 10.1. The fourth-order valence-electron chi connectivity index (χ4n) is 3.52. The van der Waals surface area contributed by atoms with E-state index in [1.165, 1.54) is 15.6 Å². The zero-order valence-electron chi connectivity index (χ0n) is 14.5. The van der Waals surface area contributed by atoms with Crippen molar-refractivity contribution < 1.29 is 13.2 Å². The van der Waals surface area contributed by atoms with Crippen LogP contribution < -0.4 is 4.80 Å². The molecule has 0 radical (unpaired) electrons. The summed E-state index contributed by atoms with van der Waals surface area (Å²) in [7, 11) is -1.53. The van der Waals surface area contributed by atoms with Crippen LogP contribution in [0.25, 0.3) is 21.0 Å². The zero-order chi connectivity index (χ0) is 18.5. The SMILES string of the molecule is Cn1c(=NC(=O)C2CCCN2S(C)(=O)=O)sc2c3ccccc3ccc21. The van der Waals surface area contributed by atoms with Crippen molar-refractivity contribution in [1.82, 2.24) is 8.87 Å². The van der Waals surface area contributed by atoms with E-state index in [4.69, 9.17) is 0 Å². The van der Waals surface area contributed by atoms with Gasteiger partial charge in [-0.1, -0.05) is 41.7 Å². The standard InChI is InChI=1S/C18H19N3O3S2/c1-20-14-10-9-12-6-3-4-7-13(12)16(14)25-18(20)19-17(22)15-8-5-11-21(15)26(2,23)24/h3-4,6-7,9-10,15H,5,8,11H2,1-2H3. The summed E-state index contributed by atoms with van der Waals surface area (Å²) in [4.78, 5) is 17.6. The second-order valence-electron chi connectivity index (χ2n) is 6.56. The molecule has 1 atom stereocenters. The Kier molecular flexibility index (Phi) is 4.21. The van der Waals surface area contributed by atoms with Crippen molar-refractivity contribution in [3.05, 3.63) is 41.2 Å². The number of rotatable bonds is 2. The van der Waals surface area contributed by atoms with Crippen LogP contribution in [0.2, 0.25) is 0 Å². The van der Waals surface area contributed by atoms with Crippen LogP contribution in [-0.2, 0) is 21.9 Å². The van der Waals surface area contributed by atoms with E-state index in [1.54, 1.807) is 0 Å². The fraction of sp³-hybridized carbons (Fsp3) is 0.333. The number of fused-ring (bicyclic) bond motifs is 3. The van der Waals surface area contributed by atoms with Gasteiger partial charge in [0.2, 0.25) is 10.0 Å². The summed E-state index contributed by atoms with van der Waals surface area (Å²) >= 11 is 1.46. The molecular formula is C18H19N3O3S2. The summed E-state index contributed by atoms with van der Waals surface area (Å²) in [5.41, 5.74) is 1.01. The Bertz CT molecular complexity index is 1190. The number of amides is 1. The number of carbonyl (C=O) groups is 1. The van der Waals surface area contributed by atoms with Crippen LogP contribution >= 0.6 is 11.3 Å². The van der Waals surface area contributed by atoms with Crippen LogP contribution in [0.1, 0.15) is 12.8 Å². The van der Waals surface area contributed by atoms with E-state index in [2.05, 4.69) is 23.2 Å². The van der Waals surface area contributed by atoms with E-state index in [1.807, 2.05) is 29.8 Å². The number of nitrogens with zero attached hydrogens (tertiary/aromatic N) is 3. The monoisotopic (exact) mass is 389 g/mol. The predicted octanol–water partition coefficient (Wildman–Crippen LogP) is 2.24. The highest BCUT2D eigenvalue weighted by Gasteiger charge is 2.36. The predicted molar refractivity (Wildman–Crippen MR) is 103 cm³/mol. The van der Waals surface area contributed by atoms with Crippen molar-refractivity contribution in [2.45, 2.75) is 18.9 Å². The van der Waals surface area contributed by atoms with Gasteiger partial charge in [-0.25, -0.2) is 8.42 Å². The molecule has 1 saturated heterocycles. The summed E-state index contributed by atoms with van der Waals surface area (Å²) in [6.07, 6.45) is 2.35. The summed E-state index contributed by atoms with van der Waals surface area (Å²) in [5.74, 6) is -0.389. The molecule has 0 bridgehead atoms. The van der Waals surface area contributed by atoms with Crippen molar-refractivity contribution in [1.29, 1.82) is 0 Å². The lowest BCUT2D eigenvalue weighted by Gasteiger charge is -2.18. The molecule has 1 fully saturated rings. The number of aromatic nitrogens is 1. The minimum absolute atomic E-state index is 0.383. The molecule has 2 heterocycles. The highest BCUT2D eigenvalue weighted by atomic mass is 32.2. The van der Waals surface area contributed by atoms with Gasteiger partial charge >= 0.3 is 0 Å². The molecule has 2 aromatic carbocycles. The lowest BCUT2D eigenvalue weighted by molar-refractivity contribution is -0.121. The molecule has 0 saturated carbocycles. The van der Waals surface area contributed by atoms with Crippen molar-refractivity contribution >= 4 is 48.3 Å². The number of thiazole rings is 1. The molecule has 0 spiro atoms. The Labute approximate surface area is 155 Å². The van der Waals surface area contributed by atoms with E-state index in [-0.39, 0.29) is 5.91 Å². The highest BCUT2D eigenvalue weighted by Crippen LogP contribution is 2.27. The molecule has 4 rings (SSSR count). The molecule has 1 aromatic heterocycles. The maximum atomic E-state index is 12.7. The number of hydrogen-bond donors (Lipinski definition) is 0. The third kappa shape index (κ3) is 2.87. The van der Waals surface area contributed by atoms with Crippen LogP contribution in [0, 0.1) is 0 Å². The third-order valence-electron chi connectivity index (χ3n) is 4.82. The lowest BCUT2D eigenvalue weighted by Crippen LogP contribution is -2.39. The van der Waals surface area contributed by atoms with Gasteiger partial charge in [0.05, 0.1) is 16.5 Å². The Balaban J connectivity index is 1.82. The third-order valence-corrected chi connectivity index (χ3v) is 7.29. The van der Waals surface area contributed by atoms with Gasteiger partial charge in [-0.15, -0.1) is 0 Å². The summed E-state index contributed by atoms with van der Waals surface area (Å²) in [5, 5.41) is 2.26. The molecule has 6 nitrogen and oxygen atoms in total. The molecule has 0 aliphatic carbocycles. The van der Waals surface area contributed by atoms with Gasteiger partial charge in [-0.2, -0.15) is 9.30 Å². The molecule has 136 valence electrons. The van der Waals surface area contributed by atoms with E-state index in [9.17, 15) is 13.2 Å². The average Bonchev–Trinajstić information content (AvgIpc) is 3.21. The van der Waals surface area contributed by atoms with Crippen LogP contribution in [0.3, 0.4) is 0 Å². The van der Waals surface area contributed by atoms with Gasteiger partial charge in [0, 0.05) is 19.0 Å². The number of benzene rings is 2. The van der Waals surface area contributed by atoms with E-state index < -0.39 is 16.1 Å². The van der Waals surface area contributed by atoms with Crippen LogP contribution in [0.4, 0.5) is 0 Å². The van der Waals surface area contributed by atoms with Gasteiger partial charge in [-0.3, -0.25) is 4.79 Å². The molecule has 1 amide bonds. The molecule has 1 unspecified atom stereocenters. The molecule has 1 aliphatic rings. The average molecular weight is 390 g/mol. The van der Waals surface area contributed by atoms with E-state index in [0.29, 0.717) is 24.2 Å². The first kappa shape index (κ1) is 17.4. The van der Waals surface area contributed by atoms with Gasteiger partial charge in [0.1, 0.15) is 6.04 Å². The van der Waals surface area contributed by atoms with Crippen LogP contribution in [0.5, 0.6) is 0 Å². The molecular weight excluding hydrogens is 370 g/mol. The van der Waals surface area contributed by atoms with Crippen molar-refractivity contribution in [2.24, 2.45) is 12.0 Å². The number of sulfonamides is 1. The second kappa shape index (κ2) is 6.29. The van der Waals surface area contributed by atoms with Crippen molar-refractivity contribution in [2.75, 3.05) is 12.8 Å². The first-order valence-electron chi connectivity index (χ1n) is 8.39. The first-order chi connectivity index (χ1) is 12.4. The normalized spacial score (nSPS) is 19.6. The molecule has 26 heavy (non-hydrogen) atoms. The molecule has 0 N–H and O–H groups in total.